The molecule has 0 bridgehead atoms. The first-order chi connectivity index (χ1) is 9.20. The molecule has 2 rings (SSSR count). The molecule has 1 aliphatic rings. The number of ether oxygens (including phenoxy) is 1. The molecule has 106 valence electrons. The van der Waals surface area contributed by atoms with Gasteiger partial charge < -0.3 is 10.5 Å². The fourth-order valence-corrected chi connectivity index (χ4v) is 2.97. The van der Waals surface area contributed by atoms with Crippen molar-refractivity contribution in [2.75, 3.05) is 18.9 Å². The van der Waals surface area contributed by atoms with Gasteiger partial charge in [0.15, 0.2) is 0 Å². The average Bonchev–Trinajstić information content (AvgIpc) is 2.77. The van der Waals surface area contributed by atoms with Crippen LogP contribution in [0.4, 0.5) is 5.69 Å². The maximum Gasteiger partial charge on any atom is 0.119 e. The van der Waals surface area contributed by atoms with E-state index >= 15 is 0 Å². The predicted octanol–water partition coefficient (Wildman–Crippen LogP) is 3.30. The van der Waals surface area contributed by atoms with Gasteiger partial charge in [0, 0.05) is 24.3 Å². The van der Waals surface area contributed by atoms with E-state index in [1.54, 1.807) is 0 Å². The van der Waals surface area contributed by atoms with Crippen molar-refractivity contribution < 1.29 is 4.74 Å². The molecule has 19 heavy (non-hydrogen) atoms. The molecule has 0 amide bonds. The second kappa shape index (κ2) is 6.80. The molecule has 2 atom stereocenters. The van der Waals surface area contributed by atoms with Crippen LogP contribution < -0.4 is 10.5 Å². The highest BCUT2D eigenvalue weighted by Crippen LogP contribution is 2.25. The van der Waals surface area contributed by atoms with E-state index in [0.717, 1.165) is 43.1 Å². The Morgan fingerprint density at radius 2 is 2.00 bits per heavy atom. The average molecular weight is 262 g/mol. The molecule has 3 nitrogen and oxygen atoms in total. The molecule has 1 heterocycles. The lowest BCUT2D eigenvalue weighted by molar-refractivity contribution is 0.179. The Bertz CT molecular complexity index is 377. The van der Waals surface area contributed by atoms with Gasteiger partial charge in [-0.1, -0.05) is 6.92 Å². The molecule has 0 spiro atoms. The Balaban J connectivity index is 1.70. The standard InChI is InChI=1S/C16H26N2O/c1-3-15-8-5-13(2)18(15)11-4-12-19-16-9-6-14(17)7-10-16/h6-7,9-10,13,15H,3-5,8,11-12,17H2,1-2H3. The quantitative estimate of drug-likeness (QED) is 0.631. The number of nitrogens with zero attached hydrogens (tertiary/aromatic N) is 1. The van der Waals surface area contributed by atoms with Crippen molar-refractivity contribution in [3.8, 4) is 5.75 Å². The molecule has 1 aromatic carbocycles. The number of hydrogen-bond donors (Lipinski definition) is 1. The van der Waals surface area contributed by atoms with Crippen LogP contribution in [0.15, 0.2) is 24.3 Å². The van der Waals surface area contributed by atoms with Crippen LogP contribution in [0, 0.1) is 0 Å². The Morgan fingerprint density at radius 3 is 2.68 bits per heavy atom. The van der Waals surface area contributed by atoms with Crippen LogP contribution in [-0.4, -0.2) is 30.1 Å². The minimum absolute atomic E-state index is 0.737. The second-order valence-electron chi connectivity index (χ2n) is 5.50. The molecular weight excluding hydrogens is 236 g/mol. The summed E-state index contributed by atoms with van der Waals surface area (Å²) in [4.78, 5) is 2.65. The van der Waals surface area contributed by atoms with Gasteiger partial charge in [0.05, 0.1) is 6.61 Å². The number of nitrogens with two attached hydrogens (primary N) is 1. The molecule has 1 aromatic rings. The molecule has 0 aromatic heterocycles. The van der Waals surface area contributed by atoms with Crippen LogP contribution in [0.1, 0.15) is 39.5 Å². The summed E-state index contributed by atoms with van der Waals surface area (Å²) in [5, 5.41) is 0. The number of anilines is 1. The van der Waals surface area contributed by atoms with Gasteiger partial charge in [0.2, 0.25) is 0 Å². The maximum absolute atomic E-state index is 5.74. The number of benzene rings is 1. The number of nitrogen functional groups attached to an aromatic ring is 1. The van der Waals surface area contributed by atoms with Gasteiger partial charge in [-0.3, -0.25) is 4.90 Å². The summed E-state index contributed by atoms with van der Waals surface area (Å²) in [6.07, 6.45) is 5.06. The van der Waals surface area contributed by atoms with Crippen molar-refractivity contribution in [1.82, 2.24) is 4.90 Å². The van der Waals surface area contributed by atoms with E-state index in [9.17, 15) is 0 Å². The van der Waals surface area contributed by atoms with Gasteiger partial charge in [0.25, 0.3) is 0 Å². The van der Waals surface area contributed by atoms with Gasteiger partial charge in [-0.15, -0.1) is 0 Å². The Labute approximate surface area is 116 Å². The van der Waals surface area contributed by atoms with E-state index < -0.39 is 0 Å². The summed E-state index contributed by atoms with van der Waals surface area (Å²) in [6.45, 7) is 6.56. The molecule has 2 N–H and O–H groups in total. The second-order valence-corrected chi connectivity index (χ2v) is 5.50. The minimum Gasteiger partial charge on any atom is -0.494 e. The van der Waals surface area contributed by atoms with E-state index in [-0.39, 0.29) is 0 Å². The molecule has 1 saturated heterocycles. The van der Waals surface area contributed by atoms with Crippen molar-refractivity contribution >= 4 is 5.69 Å². The van der Waals surface area contributed by atoms with Gasteiger partial charge in [-0.2, -0.15) is 0 Å². The van der Waals surface area contributed by atoms with Crippen LogP contribution in [0.3, 0.4) is 0 Å². The lowest BCUT2D eigenvalue weighted by Crippen LogP contribution is -2.35. The highest BCUT2D eigenvalue weighted by molar-refractivity contribution is 5.41. The van der Waals surface area contributed by atoms with Crippen molar-refractivity contribution in [2.45, 2.75) is 51.6 Å². The largest absolute Gasteiger partial charge is 0.494 e. The first-order valence-corrected chi connectivity index (χ1v) is 7.44. The molecule has 3 heteroatoms. The molecule has 0 saturated carbocycles. The maximum atomic E-state index is 5.74. The van der Waals surface area contributed by atoms with Gasteiger partial charge in [0.1, 0.15) is 5.75 Å². The predicted molar refractivity (Wildman–Crippen MR) is 80.4 cm³/mol. The van der Waals surface area contributed by atoms with Crippen molar-refractivity contribution in [1.29, 1.82) is 0 Å². The summed E-state index contributed by atoms with van der Waals surface area (Å²) < 4.78 is 5.74. The zero-order chi connectivity index (χ0) is 13.7. The Hall–Kier alpha value is -1.22. The number of hydrogen-bond acceptors (Lipinski definition) is 3. The van der Waals surface area contributed by atoms with Crippen LogP contribution >= 0.6 is 0 Å². The number of rotatable bonds is 6. The van der Waals surface area contributed by atoms with E-state index in [1.807, 2.05) is 24.3 Å². The SMILES string of the molecule is CCC1CCC(C)N1CCCOc1ccc(N)cc1. The van der Waals surface area contributed by atoms with Gasteiger partial charge in [-0.25, -0.2) is 0 Å². The van der Waals surface area contributed by atoms with E-state index in [2.05, 4.69) is 18.7 Å². The monoisotopic (exact) mass is 262 g/mol. The lowest BCUT2D eigenvalue weighted by atomic mass is 10.1. The first kappa shape index (κ1) is 14.2. The van der Waals surface area contributed by atoms with E-state index in [1.165, 1.54) is 19.3 Å². The molecular formula is C16H26N2O. The van der Waals surface area contributed by atoms with Crippen LogP contribution in [0.25, 0.3) is 0 Å². The number of likely N-dealkylation sites (tertiary alicyclic amines) is 1. The zero-order valence-corrected chi connectivity index (χ0v) is 12.1. The summed E-state index contributed by atoms with van der Waals surface area (Å²) in [5.41, 5.74) is 6.43. The van der Waals surface area contributed by atoms with E-state index in [0.29, 0.717) is 0 Å². The highest BCUT2D eigenvalue weighted by atomic mass is 16.5. The molecule has 0 radical (unpaired) electrons. The first-order valence-electron chi connectivity index (χ1n) is 7.44. The molecule has 1 fully saturated rings. The topological polar surface area (TPSA) is 38.5 Å². The van der Waals surface area contributed by atoms with Crippen molar-refractivity contribution in [3.05, 3.63) is 24.3 Å². The van der Waals surface area contributed by atoms with Crippen LogP contribution in [0.5, 0.6) is 5.75 Å². The summed E-state index contributed by atoms with van der Waals surface area (Å²) in [6, 6.07) is 9.15. The van der Waals surface area contributed by atoms with Crippen LogP contribution in [-0.2, 0) is 0 Å². The molecule has 2 unspecified atom stereocenters. The van der Waals surface area contributed by atoms with Gasteiger partial charge in [-0.05, 0) is 56.9 Å². The smallest absolute Gasteiger partial charge is 0.119 e. The third kappa shape index (κ3) is 3.87. The third-order valence-electron chi connectivity index (χ3n) is 4.13. The fourth-order valence-electron chi connectivity index (χ4n) is 2.97. The summed E-state index contributed by atoms with van der Waals surface area (Å²) >= 11 is 0. The fraction of sp³-hybridized carbons (Fsp3) is 0.625. The minimum atomic E-state index is 0.737. The normalized spacial score (nSPS) is 23.7. The Kier molecular flexibility index (Phi) is 5.08. The zero-order valence-electron chi connectivity index (χ0n) is 12.1. The highest BCUT2D eigenvalue weighted by Gasteiger charge is 2.28. The summed E-state index contributed by atoms with van der Waals surface area (Å²) in [7, 11) is 0. The Morgan fingerprint density at radius 1 is 1.26 bits per heavy atom. The summed E-state index contributed by atoms with van der Waals surface area (Å²) in [5.74, 6) is 0.913. The van der Waals surface area contributed by atoms with Crippen molar-refractivity contribution in [2.24, 2.45) is 0 Å². The third-order valence-corrected chi connectivity index (χ3v) is 4.13. The lowest BCUT2D eigenvalue weighted by Gasteiger charge is -2.27. The molecule has 0 aliphatic carbocycles. The van der Waals surface area contributed by atoms with Gasteiger partial charge >= 0.3 is 0 Å². The van der Waals surface area contributed by atoms with Crippen LogP contribution in [0.2, 0.25) is 0 Å². The van der Waals surface area contributed by atoms with Crippen molar-refractivity contribution in [3.63, 3.8) is 0 Å². The molecule has 1 aliphatic heterocycles. The van der Waals surface area contributed by atoms with E-state index in [4.69, 9.17) is 10.5 Å².